The molecule has 5 nitrogen and oxygen atoms in total. The highest BCUT2D eigenvalue weighted by atomic mass is 32.2. The average molecular weight is 271 g/mol. The fourth-order valence-electron chi connectivity index (χ4n) is 1.35. The van der Waals surface area contributed by atoms with Crippen LogP contribution in [-0.4, -0.2) is 39.5 Å². The Morgan fingerprint density at radius 2 is 2.11 bits per heavy atom. The number of benzene rings is 1. The van der Waals surface area contributed by atoms with Crippen LogP contribution in [0.4, 0.5) is 0 Å². The molecule has 1 amide bonds. The molecule has 0 saturated carbocycles. The summed E-state index contributed by atoms with van der Waals surface area (Å²) in [6.45, 7) is 2.54. The van der Waals surface area contributed by atoms with E-state index < -0.39 is 21.5 Å². The Balaban J connectivity index is 2.25. The van der Waals surface area contributed by atoms with Crippen molar-refractivity contribution in [3.05, 3.63) is 29.8 Å². The monoisotopic (exact) mass is 271 g/mol. The van der Waals surface area contributed by atoms with Gasteiger partial charge >= 0.3 is 0 Å². The zero-order chi connectivity index (χ0) is 13.6. The largest absolute Gasteiger partial charge is 0.492 e. The minimum Gasteiger partial charge on any atom is -0.492 e. The number of aryl methyl sites for hydroxylation is 1. The normalized spacial score (nSPS) is 11.0. The Morgan fingerprint density at radius 1 is 1.39 bits per heavy atom. The predicted molar refractivity (Wildman–Crippen MR) is 69.4 cm³/mol. The summed E-state index contributed by atoms with van der Waals surface area (Å²) in [5.74, 6) is -0.269. The van der Waals surface area contributed by atoms with Gasteiger partial charge in [-0.25, -0.2) is 8.42 Å². The number of sulfone groups is 1. The van der Waals surface area contributed by atoms with Crippen LogP contribution in [-0.2, 0) is 14.6 Å². The van der Waals surface area contributed by atoms with Crippen molar-refractivity contribution in [1.82, 2.24) is 5.32 Å². The highest BCUT2D eigenvalue weighted by molar-refractivity contribution is 7.91. The molecule has 0 radical (unpaired) electrons. The van der Waals surface area contributed by atoms with E-state index in [1.165, 1.54) is 0 Å². The fraction of sp³-hybridized carbons (Fsp3) is 0.417. The summed E-state index contributed by atoms with van der Waals surface area (Å²) < 4.78 is 27.1. The van der Waals surface area contributed by atoms with Crippen LogP contribution in [0.15, 0.2) is 24.3 Å². The molecule has 18 heavy (non-hydrogen) atoms. The first-order valence-corrected chi connectivity index (χ1v) is 7.57. The Bertz CT molecular complexity index is 511. The van der Waals surface area contributed by atoms with Gasteiger partial charge in [0.2, 0.25) is 5.91 Å². The Hall–Kier alpha value is -1.56. The second kappa shape index (κ2) is 6.39. The standard InChI is InChI=1S/C12H17NO4S/c1-10-4-3-5-11(8-10)17-7-6-13-12(14)9-18(2,15)16/h3-5,8H,6-7,9H2,1-2H3,(H,13,14). The van der Waals surface area contributed by atoms with E-state index in [0.29, 0.717) is 6.61 Å². The Morgan fingerprint density at radius 3 is 2.72 bits per heavy atom. The van der Waals surface area contributed by atoms with E-state index in [2.05, 4.69) is 5.32 Å². The molecule has 1 rings (SSSR count). The summed E-state index contributed by atoms with van der Waals surface area (Å²) in [6.07, 6.45) is 1.02. The number of nitrogens with one attached hydrogen (secondary N) is 1. The molecule has 0 aliphatic carbocycles. The number of ether oxygens (including phenoxy) is 1. The lowest BCUT2D eigenvalue weighted by Crippen LogP contribution is -2.32. The zero-order valence-electron chi connectivity index (χ0n) is 10.5. The third kappa shape index (κ3) is 6.24. The van der Waals surface area contributed by atoms with Gasteiger partial charge in [-0.3, -0.25) is 4.79 Å². The lowest BCUT2D eigenvalue weighted by atomic mass is 10.2. The van der Waals surface area contributed by atoms with Gasteiger partial charge < -0.3 is 10.1 Å². The molecular weight excluding hydrogens is 254 g/mol. The second-order valence-corrected chi connectivity index (χ2v) is 6.23. The van der Waals surface area contributed by atoms with E-state index in [4.69, 9.17) is 4.74 Å². The van der Waals surface area contributed by atoms with Crippen LogP contribution >= 0.6 is 0 Å². The zero-order valence-corrected chi connectivity index (χ0v) is 11.3. The summed E-state index contributed by atoms with van der Waals surface area (Å²) in [4.78, 5) is 11.2. The third-order valence-electron chi connectivity index (χ3n) is 2.08. The van der Waals surface area contributed by atoms with Crippen LogP contribution < -0.4 is 10.1 Å². The molecule has 6 heteroatoms. The van der Waals surface area contributed by atoms with Crippen LogP contribution in [0.5, 0.6) is 5.75 Å². The van der Waals surface area contributed by atoms with Crippen molar-refractivity contribution in [2.75, 3.05) is 25.2 Å². The Labute approximate surface area is 107 Å². The highest BCUT2D eigenvalue weighted by Crippen LogP contribution is 2.11. The first kappa shape index (κ1) is 14.5. The molecular formula is C12H17NO4S. The molecule has 100 valence electrons. The number of amides is 1. The molecule has 0 fully saturated rings. The van der Waals surface area contributed by atoms with E-state index in [-0.39, 0.29) is 6.54 Å². The van der Waals surface area contributed by atoms with Gasteiger partial charge in [-0.15, -0.1) is 0 Å². The van der Waals surface area contributed by atoms with E-state index >= 15 is 0 Å². The van der Waals surface area contributed by atoms with Gasteiger partial charge in [-0.2, -0.15) is 0 Å². The summed E-state index contributed by atoms with van der Waals surface area (Å²) in [7, 11) is -3.27. The van der Waals surface area contributed by atoms with Crippen molar-refractivity contribution >= 4 is 15.7 Å². The van der Waals surface area contributed by atoms with Gasteiger partial charge in [0, 0.05) is 6.26 Å². The lowest BCUT2D eigenvalue weighted by Gasteiger charge is -2.07. The van der Waals surface area contributed by atoms with Crippen molar-refractivity contribution in [3.63, 3.8) is 0 Å². The summed E-state index contributed by atoms with van der Waals surface area (Å²) in [5, 5.41) is 2.48. The smallest absolute Gasteiger partial charge is 0.235 e. The van der Waals surface area contributed by atoms with Crippen molar-refractivity contribution in [3.8, 4) is 5.75 Å². The number of rotatable bonds is 6. The quantitative estimate of drug-likeness (QED) is 0.766. The highest BCUT2D eigenvalue weighted by Gasteiger charge is 2.09. The van der Waals surface area contributed by atoms with E-state index in [1.807, 2.05) is 31.2 Å². The number of hydrogen-bond acceptors (Lipinski definition) is 4. The average Bonchev–Trinajstić information content (AvgIpc) is 2.22. The minimum atomic E-state index is -3.27. The van der Waals surface area contributed by atoms with Gasteiger partial charge in [-0.05, 0) is 24.6 Å². The van der Waals surface area contributed by atoms with Gasteiger partial charge in [0.15, 0.2) is 9.84 Å². The van der Waals surface area contributed by atoms with Crippen LogP contribution in [0.3, 0.4) is 0 Å². The topological polar surface area (TPSA) is 72.5 Å². The molecule has 0 unspecified atom stereocenters. The summed E-state index contributed by atoms with van der Waals surface area (Å²) in [5.41, 5.74) is 1.09. The molecule has 1 N–H and O–H groups in total. The van der Waals surface area contributed by atoms with Crippen LogP contribution in [0.2, 0.25) is 0 Å². The van der Waals surface area contributed by atoms with Crippen molar-refractivity contribution in [2.24, 2.45) is 0 Å². The molecule has 0 aliphatic heterocycles. The van der Waals surface area contributed by atoms with Crippen LogP contribution in [0.25, 0.3) is 0 Å². The minimum absolute atomic E-state index is 0.280. The van der Waals surface area contributed by atoms with E-state index in [9.17, 15) is 13.2 Å². The molecule has 0 bridgehead atoms. The van der Waals surface area contributed by atoms with Gasteiger partial charge in [0.05, 0.1) is 6.54 Å². The SMILES string of the molecule is Cc1cccc(OCCNC(=O)CS(C)(=O)=O)c1. The molecule has 0 heterocycles. The number of carbonyl (C=O) groups excluding carboxylic acids is 1. The van der Waals surface area contributed by atoms with E-state index in [1.54, 1.807) is 0 Å². The molecule has 1 aromatic carbocycles. The van der Waals surface area contributed by atoms with E-state index in [0.717, 1.165) is 17.6 Å². The molecule has 0 atom stereocenters. The maximum atomic E-state index is 11.2. The number of carbonyl (C=O) groups is 1. The Kier molecular flexibility index (Phi) is 5.15. The molecule has 1 aromatic rings. The first-order valence-electron chi connectivity index (χ1n) is 5.51. The van der Waals surface area contributed by atoms with Crippen molar-refractivity contribution in [1.29, 1.82) is 0 Å². The first-order chi connectivity index (χ1) is 8.37. The number of hydrogen-bond donors (Lipinski definition) is 1. The maximum Gasteiger partial charge on any atom is 0.235 e. The molecule has 0 spiro atoms. The molecule has 0 saturated heterocycles. The van der Waals surface area contributed by atoms with Crippen molar-refractivity contribution in [2.45, 2.75) is 6.92 Å². The maximum absolute atomic E-state index is 11.2. The molecule has 0 aromatic heterocycles. The van der Waals surface area contributed by atoms with Gasteiger partial charge in [0.1, 0.15) is 18.1 Å². The van der Waals surface area contributed by atoms with Gasteiger partial charge in [0.25, 0.3) is 0 Å². The third-order valence-corrected chi connectivity index (χ3v) is 2.86. The van der Waals surface area contributed by atoms with Crippen LogP contribution in [0, 0.1) is 6.92 Å². The predicted octanol–water partition coefficient (Wildman–Crippen LogP) is 0.535. The van der Waals surface area contributed by atoms with Crippen LogP contribution in [0.1, 0.15) is 5.56 Å². The fourth-order valence-corrected chi connectivity index (χ4v) is 1.93. The van der Waals surface area contributed by atoms with Crippen molar-refractivity contribution < 1.29 is 17.9 Å². The molecule has 0 aliphatic rings. The summed E-state index contributed by atoms with van der Waals surface area (Å²) >= 11 is 0. The summed E-state index contributed by atoms with van der Waals surface area (Å²) in [6, 6.07) is 7.55. The lowest BCUT2D eigenvalue weighted by molar-refractivity contribution is -0.118. The second-order valence-electron chi connectivity index (χ2n) is 4.09. The van der Waals surface area contributed by atoms with Gasteiger partial charge in [-0.1, -0.05) is 12.1 Å².